The van der Waals surface area contributed by atoms with Gasteiger partial charge in [0.1, 0.15) is 10.8 Å². The Kier molecular flexibility index (Phi) is 5.30. The zero-order valence-corrected chi connectivity index (χ0v) is 17.5. The monoisotopic (exact) mass is 438 g/mol. The Bertz CT molecular complexity index is 1350. The maximum absolute atomic E-state index is 12.5. The molecule has 0 fully saturated rings. The molecule has 9 nitrogen and oxygen atoms in total. The highest BCUT2D eigenvalue weighted by molar-refractivity contribution is 7.16. The molecule has 3 aromatic rings. The summed E-state index contributed by atoms with van der Waals surface area (Å²) in [5.74, 6) is 0.443. The van der Waals surface area contributed by atoms with Gasteiger partial charge in [-0.25, -0.2) is 0 Å². The van der Waals surface area contributed by atoms with Gasteiger partial charge in [-0.2, -0.15) is 14.6 Å². The van der Waals surface area contributed by atoms with Gasteiger partial charge in [0.15, 0.2) is 17.3 Å². The van der Waals surface area contributed by atoms with Crippen LogP contribution in [0, 0.1) is 0 Å². The Labute approximate surface area is 180 Å². The second kappa shape index (κ2) is 8.07. The van der Waals surface area contributed by atoms with Crippen LogP contribution in [0.5, 0.6) is 11.5 Å². The molecule has 0 atom stereocenters. The van der Waals surface area contributed by atoms with E-state index in [0.717, 1.165) is 5.56 Å². The minimum atomic E-state index is -0.524. The Hall–Kier alpha value is -3.92. The Balaban J connectivity index is 1.71. The van der Waals surface area contributed by atoms with Gasteiger partial charge in [0.2, 0.25) is 10.7 Å². The Morgan fingerprint density at radius 2 is 1.97 bits per heavy atom. The number of anilines is 1. The van der Waals surface area contributed by atoms with Crippen LogP contribution in [0.3, 0.4) is 0 Å². The number of allylic oxidation sites excluding steroid dienone is 4. The molecule has 0 aliphatic heterocycles. The number of rotatable bonds is 5. The molecule has 1 aliphatic rings. The molecule has 0 saturated carbocycles. The third-order valence-corrected chi connectivity index (χ3v) is 5.54. The van der Waals surface area contributed by atoms with Crippen LogP contribution in [-0.2, 0) is 11.2 Å². The Morgan fingerprint density at radius 1 is 1.19 bits per heavy atom. The number of aromatic nitrogens is 3. The van der Waals surface area contributed by atoms with Gasteiger partial charge < -0.3 is 20.3 Å². The standard InChI is InChI=1S/C21H18N4O5S/c1-29-16-6-4-12(9-17(16)30-2)10-18-24-25-19(22)13(20(28)23-21(25)31-18)7-11-3-5-14(26)15(27)8-11/h3-9,27H,10,22H2,1-2H3/b11-7-. The van der Waals surface area contributed by atoms with E-state index in [1.165, 1.54) is 40.2 Å². The first-order valence-corrected chi connectivity index (χ1v) is 9.95. The molecule has 0 spiro atoms. The van der Waals surface area contributed by atoms with Crippen molar-refractivity contribution in [3.05, 3.63) is 74.2 Å². The number of nitrogen functional groups attached to an aromatic ring is 1. The molecule has 31 heavy (non-hydrogen) atoms. The van der Waals surface area contributed by atoms with Crippen LogP contribution in [-0.4, -0.2) is 39.7 Å². The van der Waals surface area contributed by atoms with Gasteiger partial charge in [-0.15, -0.1) is 0 Å². The number of benzene rings is 1. The first-order chi connectivity index (χ1) is 14.9. The van der Waals surface area contributed by atoms with Crippen molar-refractivity contribution in [3.8, 4) is 11.5 Å². The van der Waals surface area contributed by atoms with Crippen LogP contribution in [0.4, 0.5) is 5.82 Å². The highest BCUT2D eigenvalue weighted by Gasteiger charge is 2.16. The second-order valence-corrected chi connectivity index (χ2v) is 7.68. The molecule has 2 heterocycles. The van der Waals surface area contributed by atoms with Crippen molar-refractivity contribution in [2.75, 3.05) is 20.0 Å². The molecule has 2 aromatic heterocycles. The number of methoxy groups -OCH3 is 2. The molecule has 10 heteroatoms. The molecule has 3 N–H and O–H groups in total. The van der Waals surface area contributed by atoms with Crippen LogP contribution in [0.2, 0.25) is 0 Å². The predicted molar refractivity (Wildman–Crippen MR) is 117 cm³/mol. The number of aliphatic hydroxyl groups is 1. The van der Waals surface area contributed by atoms with Gasteiger partial charge in [0, 0.05) is 6.42 Å². The first kappa shape index (κ1) is 20.4. The number of nitrogens with zero attached hydrogens (tertiary/aromatic N) is 3. The van der Waals surface area contributed by atoms with Gasteiger partial charge >= 0.3 is 0 Å². The maximum atomic E-state index is 12.5. The fourth-order valence-corrected chi connectivity index (χ4v) is 4.01. The van der Waals surface area contributed by atoms with Crippen LogP contribution >= 0.6 is 11.3 Å². The minimum absolute atomic E-state index is 0.121. The average Bonchev–Trinajstić information content (AvgIpc) is 3.15. The van der Waals surface area contributed by atoms with E-state index < -0.39 is 17.1 Å². The number of carbonyl (C=O) groups excluding carboxylic acids is 1. The van der Waals surface area contributed by atoms with Crippen LogP contribution < -0.4 is 20.8 Å². The zero-order chi connectivity index (χ0) is 22.1. The second-order valence-electron chi connectivity index (χ2n) is 6.64. The summed E-state index contributed by atoms with van der Waals surface area (Å²) in [6.07, 6.45) is 5.91. The molecule has 0 saturated heterocycles. The third-order valence-electron chi connectivity index (χ3n) is 4.63. The first-order valence-electron chi connectivity index (χ1n) is 9.13. The summed E-state index contributed by atoms with van der Waals surface area (Å²) in [6.45, 7) is 0. The quantitative estimate of drug-likeness (QED) is 0.621. The van der Waals surface area contributed by atoms with Crippen molar-refractivity contribution >= 4 is 34.0 Å². The molecule has 4 rings (SSSR count). The third kappa shape index (κ3) is 3.92. The lowest BCUT2D eigenvalue weighted by atomic mass is 10.1. The van der Waals surface area contributed by atoms with Crippen molar-refractivity contribution in [1.82, 2.24) is 14.6 Å². The largest absolute Gasteiger partial charge is 0.504 e. The van der Waals surface area contributed by atoms with Crippen molar-refractivity contribution in [3.63, 3.8) is 0 Å². The number of hydrogen-bond acceptors (Lipinski definition) is 9. The van der Waals surface area contributed by atoms with E-state index in [-0.39, 0.29) is 11.4 Å². The summed E-state index contributed by atoms with van der Waals surface area (Å²) in [6, 6.07) is 5.57. The van der Waals surface area contributed by atoms with E-state index in [0.29, 0.717) is 33.5 Å². The number of aliphatic hydroxyl groups excluding tert-OH is 1. The van der Waals surface area contributed by atoms with Crippen molar-refractivity contribution in [2.45, 2.75) is 6.42 Å². The van der Waals surface area contributed by atoms with Crippen molar-refractivity contribution in [1.29, 1.82) is 0 Å². The predicted octanol–water partition coefficient (Wildman–Crippen LogP) is 2.31. The number of nitrogens with two attached hydrogens (primary N) is 1. The van der Waals surface area contributed by atoms with E-state index in [1.54, 1.807) is 14.2 Å². The molecule has 1 aromatic carbocycles. The molecule has 0 unspecified atom stereocenters. The summed E-state index contributed by atoms with van der Waals surface area (Å²) in [4.78, 5) is 28.3. The van der Waals surface area contributed by atoms with Gasteiger partial charge in [-0.1, -0.05) is 23.5 Å². The van der Waals surface area contributed by atoms with Gasteiger partial charge in [0.25, 0.3) is 5.56 Å². The minimum Gasteiger partial charge on any atom is -0.504 e. The number of fused-ring (bicyclic) bond motifs is 1. The SMILES string of the molecule is COc1ccc(Cc2nn3c(N)c(/C=C4/C=CC(=O)C(O)=C4)c(=O)nc3s2)cc1OC. The summed E-state index contributed by atoms with van der Waals surface area (Å²) in [7, 11) is 3.14. The maximum Gasteiger partial charge on any atom is 0.283 e. The van der Waals surface area contributed by atoms with Crippen LogP contribution in [0.1, 0.15) is 16.1 Å². The summed E-state index contributed by atoms with van der Waals surface area (Å²) >= 11 is 1.26. The summed E-state index contributed by atoms with van der Waals surface area (Å²) < 4.78 is 12.0. The van der Waals surface area contributed by atoms with E-state index in [4.69, 9.17) is 15.2 Å². The topological polar surface area (TPSA) is 129 Å². The molecule has 158 valence electrons. The van der Waals surface area contributed by atoms with E-state index in [2.05, 4.69) is 10.1 Å². The average molecular weight is 438 g/mol. The highest BCUT2D eigenvalue weighted by Crippen LogP contribution is 2.29. The fraction of sp³-hybridized carbons (Fsp3) is 0.143. The number of carbonyl (C=O) groups is 1. The number of hydrogen-bond donors (Lipinski definition) is 2. The summed E-state index contributed by atoms with van der Waals surface area (Å²) in [5, 5.41) is 14.8. The highest BCUT2D eigenvalue weighted by atomic mass is 32.1. The summed E-state index contributed by atoms with van der Waals surface area (Å²) in [5.41, 5.74) is 7.19. The van der Waals surface area contributed by atoms with Crippen LogP contribution in [0.25, 0.3) is 11.0 Å². The number of ether oxygens (including phenoxy) is 2. The van der Waals surface area contributed by atoms with Crippen molar-refractivity contribution in [2.24, 2.45) is 0 Å². The van der Waals surface area contributed by atoms with E-state index in [1.807, 2.05) is 18.2 Å². The van der Waals surface area contributed by atoms with Crippen molar-refractivity contribution < 1.29 is 19.4 Å². The van der Waals surface area contributed by atoms with Gasteiger partial charge in [-0.3, -0.25) is 9.59 Å². The van der Waals surface area contributed by atoms with E-state index >= 15 is 0 Å². The fourth-order valence-electron chi connectivity index (χ4n) is 3.08. The molecular formula is C21H18N4O5S. The number of ketones is 1. The molecule has 0 bridgehead atoms. The Morgan fingerprint density at radius 3 is 2.68 bits per heavy atom. The van der Waals surface area contributed by atoms with Gasteiger partial charge in [-0.05, 0) is 41.5 Å². The van der Waals surface area contributed by atoms with Crippen LogP contribution in [0.15, 0.2) is 52.6 Å². The van der Waals surface area contributed by atoms with E-state index in [9.17, 15) is 14.7 Å². The molecule has 0 amide bonds. The lowest BCUT2D eigenvalue weighted by Crippen LogP contribution is -2.17. The molecule has 1 aliphatic carbocycles. The smallest absolute Gasteiger partial charge is 0.283 e. The molecule has 0 radical (unpaired) electrons. The lowest BCUT2D eigenvalue weighted by molar-refractivity contribution is -0.113. The molecular weight excluding hydrogens is 420 g/mol. The zero-order valence-electron chi connectivity index (χ0n) is 16.7. The normalized spacial score (nSPS) is 14.8. The lowest BCUT2D eigenvalue weighted by Gasteiger charge is -2.08. The van der Waals surface area contributed by atoms with Gasteiger partial charge in [0.05, 0.1) is 19.8 Å².